The third-order valence-corrected chi connectivity index (χ3v) is 3.05. The minimum absolute atomic E-state index is 0.183. The Morgan fingerprint density at radius 3 is 2.59 bits per heavy atom. The van der Waals surface area contributed by atoms with Crippen LogP contribution in [0.2, 0.25) is 0 Å². The Kier molecular flexibility index (Phi) is 3.63. The van der Waals surface area contributed by atoms with E-state index in [9.17, 15) is 14.0 Å². The van der Waals surface area contributed by atoms with E-state index in [0.29, 0.717) is 30.5 Å². The average Bonchev–Trinajstić information content (AvgIpc) is 2.60. The highest BCUT2D eigenvalue weighted by molar-refractivity contribution is 8.26. The predicted octanol–water partition coefficient (Wildman–Crippen LogP) is 1.95. The fraction of sp³-hybridized carbons (Fsp3) is 0.273. The van der Waals surface area contributed by atoms with Crippen LogP contribution in [0, 0.1) is 5.82 Å². The van der Waals surface area contributed by atoms with E-state index < -0.39 is 6.04 Å². The second kappa shape index (κ2) is 5.18. The van der Waals surface area contributed by atoms with Gasteiger partial charge in [-0.25, -0.2) is 4.39 Å². The van der Waals surface area contributed by atoms with Crippen molar-refractivity contribution in [2.75, 3.05) is 6.61 Å². The van der Waals surface area contributed by atoms with Gasteiger partial charge >= 0.3 is 0 Å². The zero-order valence-corrected chi connectivity index (χ0v) is 9.63. The van der Waals surface area contributed by atoms with E-state index in [-0.39, 0.29) is 16.2 Å². The normalized spacial score (nSPS) is 19.2. The van der Waals surface area contributed by atoms with E-state index in [1.54, 1.807) is 0 Å². The van der Waals surface area contributed by atoms with Crippen molar-refractivity contribution in [2.45, 2.75) is 12.5 Å². The lowest BCUT2D eigenvalue weighted by Crippen LogP contribution is -2.30. The molecule has 1 amide bonds. The van der Waals surface area contributed by atoms with Gasteiger partial charge in [-0.3, -0.25) is 9.59 Å². The molecule has 0 aliphatic carbocycles. The van der Waals surface area contributed by atoms with Crippen LogP contribution in [0.5, 0.6) is 5.75 Å². The first kappa shape index (κ1) is 11.9. The Morgan fingerprint density at radius 1 is 1.29 bits per heavy atom. The molecule has 1 fully saturated rings. The lowest BCUT2D eigenvalue weighted by atomic mass is 10.2. The molecule has 2 rings (SSSR count). The van der Waals surface area contributed by atoms with Crippen molar-refractivity contribution in [2.24, 2.45) is 0 Å². The summed E-state index contributed by atoms with van der Waals surface area (Å²) in [6.45, 7) is 0.295. The molecular formula is C11H10FNO3S. The number of hydrogen-bond donors (Lipinski definition) is 1. The molecule has 0 radical (unpaired) electrons. The van der Waals surface area contributed by atoms with Crippen molar-refractivity contribution in [3.05, 3.63) is 30.1 Å². The summed E-state index contributed by atoms with van der Waals surface area (Å²) in [5, 5.41) is 2.03. The molecule has 1 heterocycles. The maximum Gasteiger partial charge on any atom is 0.287 e. The molecule has 1 aliphatic rings. The van der Waals surface area contributed by atoms with Crippen molar-refractivity contribution in [3.63, 3.8) is 0 Å². The van der Waals surface area contributed by atoms with E-state index in [4.69, 9.17) is 4.74 Å². The summed E-state index contributed by atoms with van der Waals surface area (Å²) in [6.07, 6.45) is 0.412. The van der Waals surface area contributed by atoms with Gasteiger partial charge in [0.1, 0.15) is 17.6 Å². The number of nitrogens with one attached hydrogen (secondary N) is 1. The molecule has 1 saturated heterocycles. The lowest BCUT2D eigenvalue weighted by molar-refractivity contribution is -0.112. The largest absolute Gasteiger partial charge is 0.493 e. The van der Waals surface area contributed by atoms with Gasteiger partial charge in [0.25, 0.3) is 5.24 Å². The van der Waals surface area contributed by atoms with Gasteiger partial charge < -0.3 is 10.1 Å². The van der Waals surface area contributed by atoms with E-state index in [1.165, 1.54) is 24.3 Å². The maximum atomic E-state index is 12.6. The lowest BCUT2D eigenvalue weighted by Gasteiger charge is -2.09. The monoisotopic (exact) mass is 255 g/mol. The van der Waals surface area contributed by atoms with Crippen LogP contribution < -0.4 is 10.1 Å². The first-order valence-corrected chi connectivity index (χ1v) is 5.87. The van der Waals surface area contributed by atoms with E-state index in [0.717, 1.165) is 0 Å². The number of benzene rings is 1. The van der Waals surface area contributed by atoms with Gasteiger partial charge in [0.15, 0.2) is 0 Å². The Bertz CT molecular complexity index is 435. The number of carbonyl (C=O) groups is 2. The highest BCUT2D eigenvalue weighted by Gasteiger charge is 2.30. The smallest absolute Gasteiger partial charge is 0.287 e. The number of rotatable bonds is 4. The number of halogens is 1. The molecule has 1 aromatic rings. The molecule has 1 aliphatic heterocycles. The van der Waals surface area contributed by atoms with Crippen molar-refractivity contribution in [1.29, 1.82) is 0 Å². The summed E-state index contributed by atoms with van der Waals surface area (Å²) in [7, 11) is 0. The summed E-state index contributed by atoms with van der Waals surface area (Å²) in [5.41, 5.74) is 0. The predicted molar refractivity (Wildman–Crippen MR) is 61.4 cm³/mol. The van der Waals surface area contributed by atoms with Crippen molar-refractivity contribution >= 4 is 22.1 Å². The van der Waals surface area contributed by atoms with E-state index in [1.807, 2.05) is 0 Å². The summed E-state index contributed by atoms with van der Waals surface area (Å²) in [4.78, 5) is 22.1. The van der Waals surface area contributed by atoms with Gasteiger partial charge in [0.2, 0.25) is 5.12 Å². The van der Waals surface area contributed by atoms with Crippen molar-refractivity contribution < 1.29 is 18.7 Å². The first-order chi connectivity index (χ1) is 8.15. The Hall–Kier alpha value is -1.56. The van der Waals surface area contributed by atoms with Gasteiger partial charge in [-0.05, 0) is 24.3 Å². The minimum atomic E-state index is -0.479. The zero-order valence-electron chi connectivity index (χ0n) is 8.81. The maximum absolute atomic E-state index is 12.6. The molecule has 0 spiro atoms. The topological polar surface area (TPSA) is 55.4 Å². The van der Waals surface area contributed by atoms with Gasteiger partial charge in [-0.1, -0.05) is 0 Å². The van der Waals surface area contributed by atoms with Crippen LogP contribution in [0.3, 0.4) is 0 Å². The Balaban J connectivity index is 1.78. The molecule has 17 heavy (non-hydrogen) atoms. The summed E-state index contributed by atoms with van der Waals surface area (Å²) >= 11 is 0.683. The molecule has 1 N–H and O–H groups in total. The van der Waals surface area contributed by atoms with Gasteiger partial charge in [-0.2, -0.15) is 0 Å². The van der Waals surface area contributed by atoms with Gasteiger partial charge in [0, 0.05) is 18.2 Å². The fourth-order valence-electron chi connectivity index (χ4n) is 1.41. The van der Waals surface area contributed by atoms with Crippen LogP contribution in [0.25, 0.3) is 0 Å². The molecule has 1 unspecified atom stereocenters. The van der Waals surface area contributed by atoms with Crippen LogP contribution in [0.4, 0.5) is 9.18 Å². The highest BCUT2D eigenvalue weighted by Crippen LogP contribution is 2.18. The summed E-state index contributed by atoms with van der Waals surface area (Å²) in [6, 6.07) is 5.15. The van der Waals surface area contributed by atoms with E-state index >= 15 is 0 Å². The minimum Gasteiger partial charge on any atom is -0.493 e. The average molecular weight is 255 g/mol. The van der Waals surface area contributed by atoms with Crippen LogP contribution in [0.15, 0.2) is 24.3 Å². The Labute approximate surface area is 102 Å². The van der Waals surface area contributed by atoms with Crippen molar-refractivity contribution in [3.8, 4) is 5.75 Å². The van der Waals surface area contributed by atoms with Crippen LogP contribution >= 0.6 is 11.8 Å². The summed E-state index contributed by atoms with van der Waals surface area (Å²) < 4.78 is 17.9. The molecule has 0 bridgehead atoms. The number of thioether (sulfide) groups is 1. The number of carbonyl (C=O) groups excluding carboxylic acids is 2. The van der Waals surface area contributed by atoms with Crippen molar-refractivity contribution in [1.82, 2.24) is 5.32 Å². The number of hydrogen-bond acceptors (Lipinski definition) is 4. The second-order valence-corrected chi connectivity index (χ2v) is 4.47. The van der Waals surface area contributed by atoms with E-state index in [2.05, 4.69) is 5.32 Å². The van der Waals surface area contributed by atoms with Gasteiger partial charge in [-0.15, -0.1) is 0 Å². The molecule has 1 atom stereocenters. The molecule has 0 aromatic heterocycles. The molecule has 6 heteroatoms. The standard InChI is InChI=1S/C11H10FNO3S/c12-7-1-3-8(4-2-7)16-6-5-9-10(14)17-11(15)13-9/h1-4,9H,5-6H2,(H,13,15). The number of ether oxygens (including phenoxy) is 1. The molecule has 90 valence electrons. The van der Waals surface area contributed by atoms with Crippen LogP contribution in [-0.4, -0.2) is 23.0 Å². The molecule has 4 nitrogen and oxygen atoms in total. The first-order valence-electron chi connectivity index (χ1n) is 5.06. The molecule has 1 aromatic carbocycles. The highest BCUT2D eigenvalue weighted by atomic mass is 32.2. The SMILES string of the molecule is O=C1NC(CCOc2ccc(F)cc2)C(=O)S1. The van der Waals surface area contributed by atoms with Crippen LogP contribution in [0.1, 0.15) is 6.42 Å². The third kappa shape index (κ3) is 3.20. The van der Waals surface area contributed by atoms with Gasteiger partial charge in [0.05, 0.1) is 6.61 Å². The Morgan fingerprint density at radius 2 is 2.00 bits per heavy atom. The molecular weight excluding hydrogens is 245 g/mol. The molecule has 0 saturated carbocycles. The summed E-state index contributed by atoms with van der Waals surface area (Å²) in [5.74, 6) is 0.211. The quantitative estimate of drug-likeness (QED) is 0.893. The second-order valence-electron chi connectivity index (χ2n) is 3.50. The number of amides is 1. The zero-order chi connectivity index (χ0) is 12.3. The fourth-order valence-corrected chi connectivity index (χ4v) is 2.11. The third-order valence-electron chi connectivity index (χ3n) is 2.26. The van der Waals surface area contributed by atoms with Crippen LogP contribution in [-0.2, 0) is 4.79 Å².